The second-order valence-corrected chi connectivity index (χ2v) is 3.01. The molecule has 1 aromatic heterocycles. The first kappa shape index (κ1) is 8.13. The van der Waals surface area contributed by atoms with E-state index in [9.17, 15) is 9.90 Å². The van der Waals surface area contributed by atoms with Crippen LogP contribution in [0.1, 0.15) is 10.6 Å². The molecular weight excluding hydrogens is 192 g/mol. The second-order valence-electron chi connectivity index (χ2n) is 2.57. The monoisotopic (exact) mass is 196 g/mol. The Hall–Kier alpha value is -1.48. The smallest absolute Gasteiger partial charge is 0.209 e. The number of halogens is 1. The fourth-order valence-electron chi connectivity index (χ4n) is 1.16. The van der Waals surface area contributed by atoms with E-state index in [1.54, 1.807) is 18.2 Å². The fourth-order valence-corrected chi connectivity index (χ4v) is 1.33. The third-order valence-electron chi connectivity index (χ3n) is 1.76. The minimum Gasteiger partial charge on any atom is -0.504 e. The van der Waals surface area contributed by atoms with Crippen molar-refractivity contribution in [3.8, 4) is 5.75 Å². The van der Waals surface area contributed by atoms with Gasteiger partial charge in [-0.2, -0.15) is 0 Å². The Morgan fingerprint density at radius 3 is 2.92 bits per heavy atom. The molecule has 0 saturated heterocycles. The molecule has 1 aromatic carbocycles. The first-order valence-corrected chi connectivity index (χ1v) is 3.96. The van der Waals surface area contributed by atoms with E-state index in [4.69, 9.17) is 16.0 Å². The molecule has 1 N–H and O–H groups in total. The second kappa shape index (κ2) is 2.78. The van der Waals surface area contributed by atoms with E-state index in [0.717, 1.165) is 0 Å². The molecule has 2 rings (SSSR count). The van der Waals surface area contributed by atoms with Gasteiger partial charge >= 0.3 is 0 Å². The molecule has 13 heavy (non-hydrogen) atoms. The Morgan fingerprint density at radius 1 is 1.46 bits per heavy atom. The summed E-state index contributed by atoms with van der Waals surface area (Å²) in [6, 6.07) is 4.77. The van der Waals surface area contributed by atoms with Gasteiger partial charge < -0.3 is 9.52 Å². The first-order valence-electron chi connectivity index (χ1n) is 3.58. The molecule has 3 nitrogen and oxygen atoms in total. The fraction of sp³-hybridized carbons (Fsp3) is 0. The van der Waals surface area contributed by atoms with Crippen molar-refractivity contribution in [2.75, 3.05) is 0 Å². The molecule has 0 saturated carbocycles. The van der Waals surface area contributed by atoms with E-state index < -0.39 is 0 Å². The van der Waals surface area contributed by atoms with Gasteiger partial charge in [0.05, 0.1) is 5.39 Å². The van der Waals surface area contributed by atoms with Crippen LogP contribution in [-0.2, 0) is 0 Å². The lowest BCUT2D eigenvalue weighted by Crippen LogP contribution is -1.70. The van der Waals surface area contributed by atoms with Crippen molar-refractivity contribution in [1.29, 1.82) is 0 Å². The third-order valence-corrected chi connectivity index (χ3v) is 1.99. The van der Waals surface area contributed by atoms with Crippen LogP contribution in [0.15, 0.2) is 22.6 Å². The van der Waals surface area contributed by atoms with Crippen molar-refractivity contribution < 1.29 is 14.3 Å². The van der Waals surface area contributed by atoms with E-state index in [0.29, 0.717) is 22.3 Å². The lowest BCUT2D eigenvalue weighted by atomic mass is 10.2. The van der Waals surface area contributed by atoms with Gasteiger partial charge in [-0.05, 0) is 18.2 Å². The number of carbonyl (C=O) groups excluding carboxylic acids is 1. The number of carbonyl (C=O) groups is 1. The molecule has 4 heteroatoms. The van der Waals surface area contributed by atoms with Gasteiger partial charge in [-0.15, -0.1) is 0 Å². The van der Waals surface area contributed by atoms with Crippen LogP contribution in [0.25, 0.3) is 11.0 Å². The van der Waals surface area contributed by atoms with Gasteiger partial charge in [0.1, 0.15) is 5.58 Å². The Bertz CT molecular complexity index is 473. The summed E-state index contributed by atoms with van der Waals surface area (Å²) in [7, 11) is 0. The van der Waals surface area contributed by atoms with Crippen LogP contribution in [0.5, 0.6) is 5.75 Å². The number of aromatic hydroxyl groups is 1. The van der Waals surface area contributed by atoms with E-state index >= 15 is 0 Å². The van der Waals surface area contributed by atoms with Crippen molar-refractivity contribution >= 4 is 28.9 Å². The maximum Gasteiger partial charge on any atom is 0.209 e. The van der Waals surface area contributed by atoms with Gasteiger partial charge in [0.15, 0.2) is 12.0 Å². The van der Waals surface area contributed by atoms with Crippen molar-refractivity contribution in [3.05, 3.63) is 29.0 Å². The molecule has 0 bridgehead atoms. The van der Waals surface area contributed by atoms with E-state index in [-0.39, 0.29) is 11.5 Å². The Labute approximate surface area is 78.5 Å². The van der Waals surface area contributed by atoms with Gasteiger partial charge in [-0.3, -0.25) is 4.79 Å². The van der Waals surface area contributed by atoms with Crippen LogP contribution in [0.2, 0.25) is 5.02 Å². The summed E-state index contributed by atoms with van der Waals surface area (Å²) in [5.41, 5.74) is 0.448. The number of hydrogen-bond acceptors (Lipinski definition) is 3. The predicted molar refractivity (Wildman–Crippen MR) is 48.3 cm³/mol. The highest BCUT2D eigenvalue weighted by Gasteiger charge is 2.11. The van der Waals surface area contributed by atoms with E-state index in [2.05, 4.69) is 0 Å². The highest BCUT2D eigenvalue weighted by molar-refractivity contribution is 6.31. The lowest BCUT2D eigenvalue weighted by Gasteiger charge is -1.88. The molecule has 0 unspecified atom stereocenters. The molecule has 0 spiro atoms. The number of furan rings is 1. The summed E-state index contributed by atoms with van der Waals surface area (Å²) in [5, 5.41) is 10.4. The summed E-state index contributed by atoms with van der Waals surface area (Å²) in [6.45, 7) is 0. The van der Waals surface area contributed by atoms with Crippen molar-refractivity contribution in [2.45, 2.75) is 0 Å². The molecule has 0 aliphatic rings. The summed E-state index contributed by atoms with van der Waals surface area (Å²) >= 11 is 5.70. The Morgan fingerprint density at radius 2 is 2.23 bits per heavy atom. The molecule has 0 aliphatic heterocycles. The first-order chi connectivity index (χ1) is 6.22. The van der Waals surface area contributed by atoms with Crippen LogP contribution in [0.3, 0.4) is 0 Å². The molecule has 0 fully saturated rings. The minimum absolute atomic E-state index is 0.0720. The third kappa shape index (κ3) is 1.17. The molecule has 0 atom stereocenters. The average Bonchev–Trinajstić information content (AvgIpc) is 2.44. The molecule has 2 aromatic rings. The zero-order chi connectivity index (χ0) is 9.42. The van der Waals surface area contributed by atoms with Gasteiger partial charge in [-0.25, -0.2) is 0 Å². The maximum absolute atomic E-state index is 10.4. The van der Waals surface area contributed by atoms with E-state index in [1.165, 1.54) is 0 Å². The average molecular weight is 197 g/mol. The maximum atomic E-state index is 10.4. The van der Waals surface area contributed by atoms with E-state index in [1.807, 2.05) is 0 Å². The van der Waals surface area contributed by atoms with Crippen molar-refractivity contribution in [1.82, 2.24) is 0 Å². The normalized spacial score (nSPS) is 10.5. The molecule has 66 valence electrons. The van der Waals surface area contributed by atoms with Crippen molar-refractivity contribution in [3.63, 3.8) is 0 Å². The SMILES string of the molecule is O=Cc1oc2ccc(Cl)cc2c1O. The van der Waals surface area contributed by atoms with Gasteiger partial charge in [0, 0.05) is 5.02 Å². The van der Waals surface area contributed by atoms with Crippen LogP contribution in [0, 0.1) is 0 Å². The highest BCUT2D eigenvalue weighted by Crippen LogP contribution is 2.32. The summed E-state index contributed by atoms with van der Waals surface area (Å²) in [5.74, 6) is -0.232. The van der Waals surface area contributed by atoms with Crippen LogP contribution in [-0.4, -0.2) is 11.4 Å². The molecule has 0 aliphatic carbocycles. The number of fused-ring (bicyclic) bond motifs is 1. The highest BCUT2D eigenvalue weighted by atomic mass is 35.5. The van der Waals surface area contributed by atoms with Crippen LogP contribution < -0.4 is 0 Å². The largest absolute Gasteiger partial charge is 0.504 e. The zero-order valence-electron chi connectivity index (χ0n) is 6.45. The Kier molecular flexibility index (Phi) is 1.74. The van der Waals surface area contributed by atoms with Crippen molar-refractivity contribution in [2.24, 2.45) is 0 Å². The predicted octanol–water partition coefficient (Wildman–Crippen LogP) is 2.60. The lowest BCUT2D eigenvalue weighted by molar-refractivity contribution is 0.109. The molecule has 0 radical (unpaired) electrons. The quantitative estimate of drug-likeness (QED) is 0.714. The van der Waals surface area contributed by atoms with Crippen LogP contribution >= 0.6 is 11.6 Å². The standard InChI is InChI=1S/C9H5ClO3/c10-5-1-2-7-6(3-5)9(12)8(4-11)13-7/h1-4,12H. The number of hydrogen-bond donors (Lipinski definition) is 1. The zero-order valence-corrected chi connectivity index (χ0v) is 7.21. The number of aldehydes is 1. The summed E-state index contributed by atoms with van der Waals surface area (Å²) in [6.07, 6.45) is 0.462. The van der Waals surface area contributed by atoms with Gasteiger partial charge in [0.25, 0.3) is 0 Å². The molecule has 0 amide bonds. The van der Waals surface area contributed by atoms with Gasteiger partial charge in [0.2, 0.25) is 5.76 Å². The van der Waals surface area contributed by atoms with Crippen LogP contribution in [0.4, 0.5) is 0 Å². The Balaban J connectivity index is 2.84. The summed E-state index contributed by atoms with van der Waals surface area (Å²) < 4.78 is 5.03. The topological polar surface area (TPSA) is 50.4 Å². The molecular formula is C9H5ClO3. The summed E-state index contributed by atoms with van der Waals surface area (Å²) in [4.78, 5) is 10.4. The number of rotatable bonds is 1. The number of benzene rings is 1. The van der Waals surface area contributed by atoms with Gasteiger partial charge in [-0.1, -0.05) is 11.6 Å². The molecule has 1 heterocycles. The minimum atomic E-state index is -0.160.